The highest BCUT2D eigenvalue weighted by atomic mass is 32.1. The van der Waals surface area contributed by atoms with Crippen molar-refractivity contribution in [3.63, 3.8) is 0 Å². The van der Waals surface area contributed by atoms with Crippen molar-refractivity contribution in [3.05, 3.63) is 28.3 Å². The van der Waals surface area contributed by atoms with Crippen LogP contribution in [0.3, 0.4) is 0 Å². The molecular weight excluding hydrogens is 270 g/mol. The van der Waals surface area contributed by atoms with Crippen LogP contribution in [0.5, 0.6) is 5.75 Å². The third-order valence-electron chi connectivity index (χ3n) is 2.22. The van der Waals surface area contributed by atoms with Gasteiger partial charge in [0.05, 0.1) is 18.1 Å². The van der Waals surface area contributed by atoms with E-state index in [9.17, 15) is 14.9 Å². The number of carbonyl (C=O) groups is 1. The van der Waals surface area contributed by atoms with E-state index in [1.54, 1.807) is 13.0 Å². The van der Waals surface area contributed by atoms with Gasteiger partial charge in [-0.15, -0.1) is 0 Å². The van der Waals surface area contributed by atoms with E-state index < -0.39 is 4.92 Å². The number of amides is 1. The van der Waals surface area contributed by atoms with Crippen LogP contribution in [0.15, 0.2) is 18.2 Å². The molecule has 0 aromatic heterocycles. The van der Waals surface area contributed by atoms with Crippen LogP contribution in [0, 0.1) is 10.1 Å². The Morgan fingerprint density at radius 2 is 2.21 bits per heavy atom. The van der Waals surface area contributed by atoms with Crippen molar-refractivity contribution in [1.29, 1.82) is 0 Å². The van der Waals surface area contributed by atoms with Crippen LogP contribution in [0.1, 0.15) is 13.3 Å². The highest BCUT2D eigenvalue weighted by Crippen LogP contribution is 2.28. The molecule has 0 fully saturated rings. The summed E-state index contributed by atoms with van der Waals surface area (Å²) in [4.78, 5) is 21.5. The normalized spacial score (nSPS) is 9.58. The fraction of sp³-hybridized carbons (Fsp3) is 0.273. The number of nitrogens with one attached hydrogen (secondary N) is 2. The SMILES string of the molecule is CCC(=O)NC(=S)Nc1ccc(OC)cc1[N+](=O)[O-]. The Balaban J connectivity index is 2.91. The van der Waals surface area contributed by atoms with Crippen LogP contribution in [0.4, 0.5) is 11.4 Å². The first kappa shape index (κ1) is 14.8. The number of ether oxygens (including phenoxy) is 1. The van der Waals surface area contributed by atoms with E-state index in [2.05, 4.69) is 10.6 Å². The molecule has 0 radical (unpaired) electrons. The molecule has 0 atom stereocenters. The molecule has 1 amide bonds. The van der Waals surface area contributed by atoms with Crippen molar-refractivity contribution in [2.24, 2.45) is 0 Å². The van der Waals surface area contributed by atoms with Gasteiger partial charge in [0.25, 0.3) is 5.69 Å². The van der Waals surface area contributed by atoms with E-state index >= 15 is 0 Å². The van der Waals surface area contributed by atoms with Crippen LogP contribution in [0.2, 0.25) is 0 Å². The second kappa shape index (κ2) is 6.64. The van der Waals surface area contributed by atoms with E-state index in [0.717, 1.165) is 0 Å². The number of nitro benzene ring substituents is 1. The minimum Gasteiger partial charge on any atom is -0.496 e. The predicted octanol–water partition coefficient (Wildman–Crippen LogP) is 1.83. The van der Waals surface area contributed by atoms with E-state index in [1.165, 1.54) is 19.2 Å². The first-order chi connectivity index (χ1) is 8.97. The third kappa shape index (κ3) is 4.18. The fourth-order valence-corrected chi connectivity index (χ4v) is 1.49. The molecule has 1 rings (SSSR count). The van der Waals surface area contributed by atoms with Crippen molar-refractivity contribution < 1.29 is 14.5 Å². The van der Waals surface area contributed by atoms with Crippen molar-refractivity contribution in [2.45, 2.75) is 13.3 Å². The molecule has 0 saturated heterocycles. The monoisotopic (exact) mass is 283 g/mol. The Hall–Kier alpha value is -2.22. The van der Waals surface area contributed by atoms with Gasteiger partial charge in [-0.2, -0.15) is 0 Å². The standard InChI is InChI=1S/C11H13N3O4S/c1-3-10(15)13-11(19)12-8-5-4-7(18-2)6-9(8)14(16)17/h4-6H,3H2,1-2H3,(H2,12,13,15,19). The number of hydrogen-bond donors (Lipinski definition) is 2. The van der Waals surface area contributed by atoms with Crippen LogP contribution in [0.25, 0.3) is 0 Å². The van der Waals surface area contributed by atoms with Crippen molar-refractivity contribution in [3.8, 4) is 5.75 Å². The van der Waals surface area contributed by atoms with Crippen LogP contribution >= 0.6 is 12.2 Å². The summed E-state index contributed by atoms with van der Waals surface area (Å²) in [5.74, 6) is 0.0921. The van der Waals surface area contributed by atoms with Crippen molar-refractivity contribution >= 4 is 34.6 Å². The summed E-state index contributed by atoms with van der Waals surface area (Å²) in [6, 6.07) is 4.29. The predicted molar refractivity (Wildman–Crippen MR) is 74.3 cm³/mol. The molecule has 1 aromatic rings. The van der Waals surface area contributed by atoms with Gasteiger partial charge < -0.3 is 15.4 Å². The molecule has 0 aliphatic rings. The molecule has 0 aliphatic heterocycles. The maximum Gasteiger partial charge on any atom is 0.296 e. The number of benzene rings is 1. The van der Waals surface area contributed by atoms with Crippen molar-refractivity contribution in [2.75, 3.05) is 12.4 Å². The lowest BCUT2D eigenvalue weighted by atomic mass is 10.2. The second-order valence-corrected chi connectivity index (χ2v) is 3.90. The van der Waals surface area contributed by atoms with E-state index in [4.69, 9.17) is 17.0 Å². The molecule has 0 unspecified atom stereocenters. The molecule has 8 heteroatoms. The number of carbonyl (C=O) groups excluding carboxylic acids is 1. The van der Waals surface area contributed by atoms with Gasteiger partial charge in [-0.1, -0.05) is 6.92 Å². The first-order valence-electron chi connectivity index (χ1n) is 5.41. The summed E-state index contributed by atoms with van der Waals surface area (Å²) in [6.07, 6.45) is 0.270. The zero-order valence-corrected chi connectivity index (χ0v) is 11.2. The van der Waals surface area contributed by atoms with Crippen LogP contribution in [-0.2, 0) is 4.79 Å². The Morgan fingerprint density at radius 1 is 1.53 bits per heavy atom. The van der Waals surface area contributed by atoms with Gasteiger partial charge in [0.1, 0.15) is 11.4 Å². The summed E-state index contributed by atoms with van der Waals surface area (Å²) in [5, 5.41) is 16.0. The number of hydrogen-bond acceptors (Lipinski definition) is 5. The molecule has 2 N–H and O–H groups in total. The molecule has 19 heavy (non-hydrogen) atoms. The van der Waals surface area contributed by atoms with E-state index in [0.29, 0.717) is 5.75 Å². The molecule has 0 spiro atoms. The first-order valence-corrected chi connectivity index (χ1v) is 5.82. The summed E-state index contributed by atoms with van der Waals surface area (Å²) >= 11 is 4.89. The van der Waals surface area contributed by atoms with Crippen molar-refractivity contribution in [1.82, 2.24) is 5.32 Å². The molecule has 0 saturated carbocycles. The van der Waals surface area contributed by atoms with Gasteiger partial charge in [-0.25, -0.2) is 0 Å². The minimum atomic E-state index is -0.560. The number of thiocarbonyl (C=S) groups is 1. The molecule has 0 aliphatic carbocycles. The number of methoxy groups -OCH3 is 1. The average molecular weight is 283 g/mol. The van der Waals surface area contributed by atoms with Gasteiger partial charge >= 0.3 is 0 Å². The molecule has 1 aromatic carbocycles. The number of nitrogens with zero attached hydrogens (tertiary/aromatic N) is 1. The Bertz CT molecular complexity index is 519. The zero-order valence-electron chi connectivity index (χ0n) is 10.4. The van der Waals surface area contributed by atoms with E-state index in [-0.39, 0.29) is 28.8 Å². The fourth-order valence-electron chi connectivity index (χ4n) is 1.26. The highest BCUT2D eigenvalue weighted by molar-refractivity contribution is 7.80. The van der Waals surface area contributed by atoms with Crippen LogP contribution < -0.4 is 15.4 Å². The maximum absolute atomic E-state index is 11.1. The number of anilines is 1. The number of rotatable bonds is 4. The van der Waals surface area contributed by atoms with Gasteiger partial charge in [0, 0.05) is 6.42 Å². The van der Waals surface area contributed by atoms with Gasteiger partial charge in [0.2, 0.25) is 5.91 Å². The molecule has 7 nitrogen and oxygen atoms in total. The maximum atomic E-state index is 11.1. The lowest BCUT2D eigenvalue weighted by molar-refractivity contribution is -0.384. The zero-order chi connectivity index (χ0) is 14.4. The molecule has 0 heterocycles. The highest BCUT2D eigenvalue weighted by Gasteiger charge is 2.16. The summed E-state index contributed by atoms with van der Waals surface area (Å²) < 4.78 is 4.91. The van der Waals surface area contributed by atoms with Gasteiger partial charge in [0.15, 0.2) is 5.11 Å². The third-order valence-corrected chi connectivity index (χ3v) is 2.43. The Kier molecular flexibility index (Phi) is 5.19. The van der Waals surface area contributed by atoms with Crippen LogP contribution in [-0.4, -0.2) is 23.1 Å². The molecule has 0 bridgehead atoms. The summed E-state index contributed by atoms with van der Waals surface area (Å²) in [7, 11) is 1.41. The molecule has 102 valence electrons. The largest absolute Gasteiger partial charge is 0.496 e. The summed E-state index contributed by atoms with van der Waals surface area (Å²) in [6.45, 7) is 1.67. The smallest absolute Gasteiger partial charge is 0.296 e. The Labute approximate surface area is 115 Å². The minimum absolute atomic E-state index is 0.0140. The number of nitro groups is 1. The molecular formula is C11H13N3O4S. The second-order valence-electron chi connectivity index (χ2n) is 3.50. The average Bonchev–Trinajstić information content (AvgIpc) is 2.38. The van der Waals surface area contributed by atoms with Gasteiger partial charge in [-0.3, -0.25) is 14.9 Å². The van der Waals surface area contributed by atoms with E-state index in [1.807, 2.05) is 0 Å². The summed E-state index contributed by atoms with van der Waals surface area (Å²) in [5.41, 5.74) is -0.000324. The topological polar surface area (TPSA) is 93.5 Å². The van der Waals surface area contributed by atoms with Gasteiger partial charge in [-0.05, 0) is 24.4 Å². The lowest BCUT2D eigenvalue weighted by Crippen LogP contribution is -2.33. The Morgan fingerprint density at radius 3 is 2.74 bits per heavy atom. The quantitative estimate of drug-likeness (QED) is 0.497. The lowest BCUT2D eigenvalue weighted by Gasteiger charge is -2.10.